The van der Waals surface area contributed by atoms with E-state index in [1.807, 2.05) is 4.68 Å². The van der Waals surface area contributed by atoms with Gasteiger partial charge < -0.3 is 14.6 Å². The third kappa shape index (κ3) is 4.36. The van der Waals surface area contributed by atoms with E-state index in [2.05, 4.69) is 17.0 Å². The molecule has 0 aliphatic carbocycles. The van der Waals surface area contributed by atoms with Crippen LogP contribution in [0.3, 0.4) is 0 Å². The summed E-state index contributed by atoms with van der Waals surface area (Å²) >= 11 is 0. The fourth-order valence-electron chi connectivity index (χ4n) is 1.86. The summed E-state index contributed by atoms with van der Waals surface area (Å²) in [5, 5.41) is 14.5. The summed E-state index contributed by atoms with van der Waals surface area (Å²) in [7, 11) is 3.12. The van der Waals surface area contributed by atoms with E-state index in [0.29, 0.717) is 12.8 Å². The highest BCUT2D eigenvalue weighted by atomic mass is 16.7. The van der Waals surface area contributed by atoms with Crippen molar-refractivity contribution >= 4 is 0 Å². The molecule has 1 unspecified atom stereocenters. The van der Waals surface area contributed by atoms with Crippen molar-refractivity contribution in [2.45, 2.75) is 51.5 Å². The Morgan fingerprint density at radius 1 is 1.44 bits per heavy atom. The molecular weight excluding hydrogens is 234 g/mol. The van der Waals surface area contributed by atoms with Crippen molar-refractivity contribution in [3.8, 4) is 0 Å². The molecule has 0 aliphatic heterocycles. The first-order valence-electron chi connectivity index (χ1n) is 6.17. The van der Waals surface area contributed by atoms with Gasteiger partial charge in [-0.25, -0.2) is 4.98 Å². The van der Waals surface area contributed by atoms with Gasteiger partial charge in [-0.1, -0.05) is 6.92 Å². The van der Waals surface area contributed by atoms with Crippen molar-refractivity contribution in [1.82, 2.24) is 14.8 Å². The molecule has 0 aromatic carbocycles. The SMILES string of the molecule is CCCn1ncnc1CC(C)(O)CC(OC)OC. The van der Waals surface area contributed by atoms with Crippen LogP contribution in [-0.4, -0.2) is 46.0 Å². The predicted molar refractivity (Wildman–Crippen MR) is 67.1 cm³/mol. The lowest BCUT2D eigenvalue weighted by atomic mass is 9.97. The quantitative estimate of drug-likeness (QED) is 0.703. The molecule has 104 valence electrons. The summed E-state index contributed by atoms with van der Waals surface area (Å²) in [5.41, 5.74) is -0.935. The zero-order valence-corrected chi connectivity index (χ0v) is 11.6. The molecular formula is C12H23N3O3. The lowest BCUT2D eigenvalue weighted by Crippen LogP contribution is -2.35. The molecule has 0 aliphatic rings. The van der Waals surface area contributed by atoms with Crippen LogP contribution in [-0.2, 0) is 22.4 Å². The van der Waals surface area contributed by atoms with Gasteiger partial charge in [0.25, 0.3) is 0 Å². The number of aryl methyl sites for hydroxylation is 1. The number of aromatic nitrogens is 3. The van der Waals surface area contributed by atoms with E-state index in [9.17, 15) is 5.11 Å². The average molecular weight is 257 g/mol. The smallest absolute Gasteiger partial charge is 0.159 e. The van der Waals surface area contributed by atoms with Crippen LogP contribution < -0.4 is 0 Å². The van der Waals surface area contributed by atoms with Gasteiger partial charge in [0.2, 0.25) is 0 Å². The monoisotopic (exact) mass is 257 g/mol. The summed E-state index contributed by atoms with van der Waals surface area (Å²) in [4.78, 5) is 4.19. The molecule has 1 aromatic rings. The third-order valence-corrected chi connectivity index (χ3v) is 2.80. The van der Waals surface area contributed by atoms with E-state index in [-0.39, 0.29) is 0 Å². The first kappa shape index (κ1) is 15.1. The van der Waals surface area contributed by atoms with Crippen LogP contribution in [0.2, 0.25) is 0 Å². The second-order valence-corrected chi connectivity index (χ2v) is 4.68. The third-order valence-electron chi connectivity index (χ3n) is 2.80. The standard InChI is InChI=1S/C12H23N3O3/c1-5-6-15-10(13-9-14-15)7-12(2,16)8-11(17-3)18-4/h9,11,16H,5-8H2,1-4H3. The maximum atomic E-state index is 10.4. The Morgan fingerprint density at radius 3 is 2.67 bits per heavy atom. The normalized spacial score (nSPS) is 15.0. The summed E-state index contributed by atoms with van der Waals surface area (Å²) in [6.45, 7) is 4.64. The zero-order chi connectivity index (χ0) is 13.6. The Morgan fingerprint density at radius 2 is 2.11 bits per heavy atom. The number of nitrogens with zero attached hydrogens (tertiary/aromatic N) is 3. The molecule has 0 fully saturated rings. The van der Waals surface area contributed by atoms with Gasteiger partial charge in [0.15, 0.2) is 6.29 Å². The van der Waals surface area contributed by atoms with Gasteiger partial charge in [-0.3, -0.25) is 4.68 Å². The van der Waals surface area contributed by atoms with Gasteiger partial charge in [-0.2, -0.15) is 5.10 Å². The first-order valence-corrected chi connectivity index (χ1v) is 6.17. The minimum atomic E-state index is -0.935. The van der Waals surface area contributed by atoms with E-state index >= 15 is 0 Å². The maximum absolute atomic E-state index is 10.4. The van der Waals surface area contributed by atoms with Gasteiger partial charge in [0, 0.05) is 33.6 Å². The summed E-state index contributed by atoms with van der Waals surface area (Å²) in [6, 6.07) is 0. The molecule has 0 saturated carbocycles. The molecule has 0 radical (unpaired) electrons. The van der Waals surface area contributed by atoms with Gasteiger partial charge >= 0.3 is 0 Å². The fourth-order valence-corrected chi connectivity index (χ4v) is 1.86. The molecule has 1 atom stereocenters. The summed E-state index contributed by atoms with van der Waals surface area (Å²) in [5.74, 6) is 0.785. The van der Waals surface area contributed by atoms with E-state index in [4.69, 9.17) is 9.47 Å². The molecule has 0 spiro atoms. The Kier molecular flexibility index (Phi) is 5.71. The van der Waals surface area contributed by atoms with Crippen LogP contribution >= 0.6 is 0 Å². The largest absolute Gasteiger partial charge is 0.390 e. The van der Waals surface area contributed by atoms with Crippen molar-refractivity contribution in [3.05, 3.63) is 12.2 Å². The second kappa shape index (κ2) is 6.82. The molecule has 1 aromatic heterocycles. The number of hydrogen-bond donors (Lipinski definition) is 1. The van der Waals surface area contributed by atoms with E-state index in [0.717, 1.165) is 18.8 Å². The molecule has 18 heavy (non-hydrogen) atoms. The van der Waals surface area contributed by atoms with Crippen LogP contribution in [0.25, 0.3) is 0 Å². The summed E-state index contributed by atoms with van der Waals surface area (Å²) < 4.78 is 12.0. The number of hydrogen-bond acceptors (Lipinski definition) is 5. The molecule has 1 rings (SSSR count). The molecule has 1 N–H and O–H groups in total. The Hall–Kier alpha value is -0.980. The number of ether oxygens (including phenoxy) is 2. The van der Waals surface area contributed by atoms with Crippen LogP contribution in [0, 0.1) is 0 Å². The lowest BCUT2D eigenvalue weighted by molar-refractivity contribution is -0.140. The molecule has 6 nitrogen and oxygen atoms in total. The zero-order valence-electron chi connectivity index (χ0n) is 11.6. The Labute approximate surface area is 108 Å². The van der Waals surface area contributed by atoms with Gasteiger partial charge in [0.05, 0.1) is 5.60 Å². The highest BCUT2D eigenvalue weighted by molar-refractivity contribution is 4.93. The maximum Gasteiger partial charge on any atom is 0.159 e. The fraction of sp³-hybridized carbons (Fsp3) is 0.833. The highest BCUT2D eigenvalue weighted by Gasteiger charge is 2.28. The lowest BCUT2D eigenvalue weighted by Gasteiger charge is -2.26. The molecule has 1 heterocycles. The van der Waals surface area contributed by atoms with E-state index < -0.39 is 11.9 Å². The molecule has 0 saturated heterocycles. The van der Waals surface area contributed by atoms with Crippen molar-refractivity contribution in [3.63, 3.8) is 0 Å². The van der Waals surface area contributed by atoms with Crippen LogP contribution in [0.5, 0.6) is 0 Å². The molecule has 6 heteroatoms. The number of rotatable bonds is 8. The van der Waals surface area contributed by atoms with E-state index in [1.54, 1.807) is 21.1 Å². The van der Waals surface area contributed by atoms with Crippen LogP contribution in [0.15, 0.2) is 6.33 Å². The Balaban J connectivity index is 2.66. The predicted octanol–water partition coefficient (Wildman–Crippen LogP) is 0.991. The number of aliphatic hydroxyl groups is 1. The van der Waals surface area contributed by atoms with Crippen LogP contribution in [0.4, 0.5) is 0 Å². The molecule has 0 amide bonds. The van der Waals surface area contributed by atoms with Crippen LogP contribution in [0.1, 0.15) is 32.5 Å². The van der Waals surface area contributed by atoms with Gasteiger partial charge in [-0.05, 0) is 13.3 Å². The van der Waals surface area contributed by atoms with Gasteiger partial charge in [0.1, 0.15) is 12.2 Å². The second-order valence-electron chi connectivity index (χ2n) is 4.68. The number of methoxy groups -OCH3 is 2. The first-order chi connectivity index (χ1) is 8.52. The van der Waals surface area contributed by atoms with Crippen molar-refractivity contribution in [2.75, 3.05) is 14.2 Å². The minimum Gasteiger partial charge on any atom is -0.390 e. The Bertz CT molecular complexity index is 348. The van der Waals surface area contributed by atoms with Crippen molar-refractivity contribution < 1.29 is 14.6 Å². The topological polar surface area (TPSA) is 69.4 Å². The van der Waals surface area contributed by atoms with E-state index in [1.165, 1.54) is 6.33 Å². The minimum absolute atomic E-state index is 0.388. The highest BCUT2D eigenvalue weighted by Crippen LogP contribution is 2.19. The molecule has 0 bridgehead atoms. The average Bonchev–Trinajstić information content (AvgIpc) is 2.73. The van der Waals surface area contributed by atoms with Crippen molar-refractivity contribution in [1.29, 1.82) is 0 Å². The van der Waals surface area contributed by atoms with Crippen molar-refractivity contribution in [2.24, 2.45) is 0 Å². The summed E-state index contributed by atoms with van der Waals surface area (Å²) in [6.07, 6.45) is 2.90. The van der Waals surface area contributed by atoms with Gasteiger partial charge in [-0.15, -0.1) is 0 Å².